The normalized spacial score (nSPS) is 21.0. The predicted molar refractivity (Wildman–Crippen MR) is 63.6 cm³/mol. The van der Waals surface area contributed by atoms with Gasteiger partial charge in [0, 0.05) is 6.04 Å². The van der Waals surface area contributed by atoms with Gasteiger partial charge in [-0.25, -0.2) is 0 Å². The van der Waals surface area contributed by atoms with E-state index in [4.69, 9.17) is 0 Å². The molecule has 1 rings (SSSR count). The number of hydrogen-bond donors (Lipinski definition) is 1. The lowest BCUT2D eigenvalue weighted by Gasteiger charge is -2.25. The van der Waals surface area contributed by atoms with E-state index in [-0.39, 0.29) is 0 Å². The highest BCUT2D eigenvalue weighted by Crippen LogP contribution is 2.23. The summed E-state index contributed by atoms with van der Waals surface area (Å²) in [5.41, 5.74) is 0. The van der Waals surface area contributed by atoms with E-state index in [0.29, 0.717) is 0 Å². The van der Waals surface area contributed by atoms with E-state index in [2.05, 4.69) is 19.2 Å². The molecule has 1 atom stereocenters. The summed E-state index contributed by atoms with van der Waals surface area (Å²) in [6.07, 6.45) is 11.3. The largest absolute Gasteiger partial charge is 0.314 e. The van der Waals surface area contributed by atoms with Gasteiger partial charge in [0.25, 0.3) is 0 Å². The summed E-state index contributed by atoms with van der Waals surface area (Å²) in [4.78, 5) is 0. The van der Waals surface area contributed by atoms with Gasteiger partial charge in [-0.05, 0) is 38.1 Å². The van der Waals surface area contributed by atoms with Crippen LogP contribution in [0.15, 0.2) is 0 Å². The van der Waals surface area contributed by atoms with E-state index in [1.807, 2.05) is 0 Å². The second kappa shape index (κ2) is 7.28. The maximum absolute atomic E-state index is 3.74. The molecule has 1 aliphatic rings. The van der Waals surface area contributed by atoms with Crippen LogP contribution in [0.2, 0.25) is 0 Å². The maximum Gasteiger partial charge on any atom is 0.00644 e. The molecule has 0 aromatic rings. The van der Waals surface area contributed by atoms with Crippen LogP contribution in [0.3, 0.4) is 0 Å². The molecule has 1 unspecified atom stereocenters. The van der Waals surface area contributed by atoms with Crippen LogP contribution in [-0.2, 0) is 0 Å². The summed E-state index contributed by atoms with van der Waals surface area (Å²) >= 11 is 0. The zero-order valence-electron chi connectivity index (χ0n) is 10.0. The van der Waals surface area contributed by atoms with E-state index in [0.717, 1.165) is 12.0 Å². The van der Waals surface area contributed by atoms with Gasteiger partial charge in [0.2, 0.25) is 0 Å². The molecule has 1 heteroatoms. The lowest BCUT2D eigenvalue weighted by Crippen LogP contribution is -2.33. The Hall–Kier alpha value is -0.0400. The minimum absolute atomic E-state index is 0.780. The van der Waals surface area contributed by atoms with Gasteiger partial charge in [-0.3, -0.25) is 0 Å². The molecule has 0 aromatic heterocycles. The number of nitrogens with one attached hydrogen (secondary N) is 1. The smallest absolute Gasteiger partial charge is 0.00644 e. The molecule has 1 N–H and O–H groups in total. The Balaban J connectivity index is 2.10. The van der Waals surface area contributed by atoms with Crippen molar-refractivity contribution in [2.75, 3.05) is 6.54 Å². The van der Waals surface area contributed by atoms with Crippen molar-refractivity contribution in [2.24, 2.45) is 5.92 Å². The second-order valence-corrected chi connectivity index (χ2v) is 4.81. The lowest BCUT2D eigenvalue weighted by atomic mass is 9.89. The zero-order chi connectivity index (χ0) is 10.2. The minimum atomic E-state index is 0.780. The monoisotopic (exact) mass is 197 g/mol. The molecule has 84 valence electrons. The van der Waals surface area contributed by atoms with E-state index in [1.165, 1.54) is 57.9 Å². The van der Waals surface area contributed by atoms with E-state index in [1.54, 1.807) is 0 Å². The third-order valence-corrected chi connectivity index (χ3v) is 3.55. The molecule has 0 amide bonds. The standard InChI is InChI=1S/C13H27N/c1-3-8-13(4-2)14-11-12-9-6-5-7-10-12/h12-14H,3-11H2,1-2H3. The summed E-state index contributed by atoms with van der Waals surface area (Å²) in [6, 6.07) is 0.780. The topological polar surface area (TPSA) is 12.0 Å². The Morgan fingerprint density at radius 2 is 1.86 bits per heavy atom. The molecule has 0 bridgehead atoms. The molecule has 1 aliphatic carbocycles. The quantitative estimate of drug-likeness (QED) is 0.684. The SMILES string of the molecule is CCCC(CC)NCC1CCCCC1. The molecular formula is C13H27N. The van der Waals surface area contributed by atoms with Crippen LogP contribution in [0.5, 0.6) is 0 Å². The van der Waals surface area contributed by atoms with E-state index in [9.17, 15) is 0 Å². The van der Waals surface area contributed by atoms with Gasteiger partial charge >= 0.3 is 0 Å². The van der Waals surface area contributed by atoms with E-state index >= 15 is 0 Å². The van der Waals surface area contributed by atoms with Gasteiger partial charge in [0.15, 0.2) is 0 Å². The van der Waals surface area contributed by atoms with Crippen LogP contribution < -0.4 is 5.32 Å². The summed E-state index contributed by atoms with van der Waals surface area (Å²) in [5, 5.41) is 3.74. The van der Waals surface area contributed by atoms with Gasteiger partial charge in [-0.15, -0.1) is 0 Å². The van der Waals surface area contributed by atoms with Crippen LogP contribution in [0.1, 0.15) is 65.2 Å². The van der Waals surface area contributed by atoms with Crippen LogP contribution in [-0.4, -0.2) is 12.6 Å². The first-order chi connectivity index (χ1) is 6.86. The van der Waals surface area contributed by atoms with Crippen LogP contribution in [0.4, 0.5) is 0 Å². The van der Waals surface area contributed by atoms with Crippen molar-refractivity contribution < 1.29 is 0 Å². The Morgan fingerprint density at radius 3 is 2.43 bits per heavy atom. The first-order valence-corrected chi connectivity index (χ1v) is 6.60. The van der Waals surface area contributed by atoms with Crippen molar-refractivity contribution in [2.45, 2.75) is 71.3 Å². The Morgan fingerprint density at radius 1 is 1.14 bits per heavy atom. The summed E-state index contributed by atoms with van der Waals surface area (Å²) in [5.74, 6) is 0.981. The molecule has 0 aliphatic heterocycles. The molecule has 1 saturated carbocycles. The fourth-order valence-corrected chi connectivity index (χ4v) is 2.52. The Labute approximate surface area is 89.7 Å². The number of rotatable bonds is 6. The van der Waals surface area contributed by atoms with Gasteiger partial charge in [-0.2, -0.15) is 0 Å². The molecule has 0 spiro atoms. The molecular weight excluding hydrogens is 170 g/mol. The highest BCUT2D eigenvalue weighted by Gasteiger charge is 2.14. The highest BCUT2D eigenvalue weighted by atomic mass is 14.9. The van der Waals surface area contributed by atoms with Crippen molar-refractivity contribution in [1.29, 1.82) is 0 Å². The Bertz CT molecular complexity index is 122. The summed E-state index contributed by atoms with van der Waals surface area (Å²) in [6.45, 7) is 5.86. The molecule has 0 aromatic carbocycles. The van der Waals surface area contributed by atoms with Gasteiger partial charge in [0.05, 0.1) is 0 Å². The van der Waals surface area contributed by atoms with Crippen LogP contribution in [0, 0.1) is 5.92 Å². The van der Waals surface area contributed by atoms with Crippen molar-refractivity contribution in [1.82, 2.24) is 5.32 Å². The van der Waals surface area contributed by atoms with Gasteiger partial charge in [0.1, 0.15) is 0 Å². The lowest BCUT2D eigenvalue weighted by molar-refractivity contribution is 0.319. The third kappa shape index (κ3) is 4.45. The first-order valence-electron chi connectivity index (χ1n) is 6.60. The Kier molecular flexibility index (Phi) is 6.25. The maximum atomic E-state index is 3.74. The van der Waals surface area contributed by atoms with Crippen molar-refractivity contribution in [3.05, 3.63) is 0 Å². The second-order valence-electron chi connectivity index (χ2n) is 4.81. The number of hydrogen-bond acceptors (Lipinski definition) is 1. The van der Waals surface area contributed by atoms with Crippen molar-refractivity contribution in [3.8, 4) is 0 Å². The zero-order valence-corrected chi connectivity index (χ0v) is 10.0. The van der Waals surface area contributed by atoms with Crippen molar-refractivity contribution in [3.63, 3.8) is 0 Å². The molecule has 1 fully saturated rings. The molecule has 14 heavy (non-hydrogen) atoms. The summed E-state index contributed by atoms with van der Waals surface area (Å²) < 4.78 is 0. The molecule has 0 radical (unpaired) electrons. The first kappa shape index (κ1) is 12.0. The van der Waals surface area contributed by atoms with Gasteiger partial charge < -0.3 is 5.32 Å². The highest BCUT2D eigenvalue weighted by molar-refractivity contribution is 4.71. The summed E-state index contributed by atoms with van der Waals surface area (Å²) in [7, 11) is 0. The fraction of sp³-hybridized carbons (Fsp3) is 1.00. The molecule has 1 nitrogen and oxygen atoms in total. The fourth-order valence-electron chi connectivity index (χ4n) is 2.52. The average molecular weight is 197 g/mol. The molecule has 0 saturated heterocycles. The van der Waals surface area contributed by atoms with Crippen LogP contribution in [0.25, 0.3) is 0 Å². The third-order valence-electron chi connectivity index (χ3n) is 3.55. The van der Waals surface area contributed by atoms with Crippen molar-refractivity contribution >= 4 is 0 Å². The predicted octanol–water partition coefficient (Wildman–Crippen LogP) is 3.74. The average Bonchev–Trinajstić information content (AvgIpc) is 2.25. The van der Waals surface area contributed by atoms with Crippen LogP contribution >= 0.6 is 0 Å². The molecule has 0 heterocycles. The van der Waals surface area contributed by atoms with Gasteiger partial charge in [-0.1, -0.05) is 39.5 Å². The minimum Gasteiger partial charge on any atom is -0.314 e. The van der Waals surface area contributed by atoms with E-state index < -0.39 is 0 Å².